The zero-order valence-corrected chi connectivity index (χ0v) is 15.7. The van der Waals surface area contributed by atoms with Crippen LogP contribution in [0.3, 0.4) is 0 Å². The fourth-order valence-corrected chi connectivity index (χ4v) is 4.01. The van der Waals surface area contributed by atoms with Crippen LogP contribution >= 0.6 is 11.6 Å². The number of nitrogen functional groups attached to an aromatic ring is 1. The second-order valence-electron chi connectivity index (χ2n) is 6.82. The highest BCUT2D eigenvalue weighted by molar-refractivity contribution is 6.30. The molecular formula is C19H18ClN7O. The first-order chi connectivity index (χ1) is 13.7. The second kappa shape index (κ2) is 6.88. The maximum atomic E-state index is 6.20. The highest BCUT2D eigenvalue weighted by atomic mass is 35.5. The number of aromatic nitrogens is 5. The number of pyridine rings is 1. The van der Waals surface area contributed by atoms with Crippen molar-refractivity contribution in [3.05, 3.63) is 41.6 Å². The van der Waals surface area contributed by atoms with E-state index in [9.17, 15) is 0 Å². The maximum absolute atomic E-state index is 6.20. The van der Waals surface area contributed by atoms with Crippen LogP contribution in [-0.4, -0.2) is 37.9 Å². The average molecular weight is 396 g/mol. The molecule has 3 N–H and O–H groups in total. The van der Waals surface area contributed by atoms with Crippen molar-refractivity contribution in [3.8, 4) is 22.8 Å². The van der Waals surface area contributed by atoms with Crippen molar-refractivity contribution < 1.29 is 4.63 Å². The third-order valence-electron chi connectivity index (χ3n) is 5.11. The Morgan fingerprint density at radius 1 is 1.14 bits per heavy atom. The molecule has 0 saturated carbocycles. The van der Waals surface area contributed by atoms with E-state index in [0.717, 1.165) is 48.2 Å². The predicted molar refractivity (Wildman–Crippen MR) is 107 cm³/mol. The number of hydrogen-bond donors (Lipinski definition) is 2. The fourth-order valence-electron chi connectivity index (χ4n) is 3.82. The minimum atomic E-state index is 0.225. The van der Waals surface area contributed by atoms with Crippen molar-refractivity contribution in [3.63, 3.8) is 0 Å². The number of benzene rings is 1. The summed E-state index contributed by atoms with van der Waals surface area (Å²) in [6.45, 7) is 1.89. The Kier molecular flexibility index (Phi) is 4.22. The molecule has 0 spiro atoms. The van der Waals surface area contributed by atoms with Gasteiger partial charge in [0, 0.05) is 22.8 Å². The highest BCUT2D eigenvalue weighted by Gasteiger charge is 2.26. The van der Waals surface area contributed by atoms with Crippen molar-refractivity contribution in [2.45, 2.75) is 18.9 Å². The summed E-state index contributed by atoms with van der Waals surface area (Å²) < 4.78 is 7.04. The summed E-state index contributed by atoms with van der Waals surface area (Å²) in [7, 11) is 0. The lowest BCUT2D eigenvalue weighted by Gasteiger charge is -2.25. The van der Waals surface area contributed by atoms with E-state index < -0.39 is 0 Å². The molecule has 28 heavy (non-hydrogen) atoms. The summed E-state index contributed by atoms with van der Waals surface area (Å²) in [5, 5.41) is 11.8. The minimum absolute atomic E-state index is 0.225. The van der Waals surface area contributed by atoms with Gasteiger partial charge in [0.25, 0.3) is 0 Å². The third-order valence-corrected chi connectivity index (χ3v) is 5.34. The minimum Gasteiger partial charge on any atom is -0.379 e. The van der Waals surface area contributed by atoms with Crippen LogP contribution in [0.1, 0.15) is 18.9 Å². The van der Waals surface area contributed by atoms with Crippen molar-refractivity contribution >= 4 is 28.5 Å². The molecule has 1 aromatic carbocycles. The van der Waals surface area contributed by atoms with Gasteiger partial charge in [-0.1, -0.05) is 23.7 Å². The molecule has 5 rings (SSSR count). The van der Waals surface area contributed by atoms with Gasteiger partial charge in [0.2, 0.25) is 0 Å². The second-order valence-corrected chi connectivity index (χ2v) is 7.26. The summed E-state index contributed by atoms with van der Waals surface area (Å²) in [4.78, 5) is 9.48. The molecule has 0 aliphatic carbocycles. The average Bonchev–Trinajstić information content (AvgIpc) is 3.31. The van der Waals surface area contributed by atoms with E-state index >= 15 is 0 Å². The molecule has 9 heteroatoms. The first-order valence-electron chi connectivity index (χ1n) is 9.14. The van der Waals surface area contributed by atoms with Gasteiger partial charge in [-0.15, -0.1) is 0 Å². The molecule has 4 heterocycles. The van der Waals surface area contributed by atoms with Crippen molar-refractivity contribution in [1.29, 1.82) is 0 Å². The number of nitrogens with one attached hydrogen (secondary N) is 1. The standard InChI is InChI=1S/C19H18ClN7O/c20-12-3-1-2-11(10-12)15-16-14(6-9-23-15)27(13-4-7-22-8-5-13)19(24-16)17-18(21)26-28-25-17/h1-3,6,9-10,13,22H,4-5,7-8H2,(H2,21,26). The molecular weight excluding hydrogens is 378 g/mol. The van der Waals surface area contributed by atoms with Crippen LogP contribution in [0.2, 0.25) is 5.02 Å². The van der Waals surface area contributed by atoms with Crippen molar-refractivity contribution in [2.75, 3.05) is 18.8 Å². The number of fused-ring (bicyclic) bond motifs is 1. The molecule has 0 unspecified atom stereocenters. The van der Waals surface area contributed by atoms with E-state index in [4.69, 9.17) is 26.9 Å². The van der Waals surface area contributed by atoms with E-state index in [1.54, 1.807) is 6.20 Å². The van der Waals surface area contributed by atoms with Gasteiger partial charge >= 0.3 is 0 Å². The SMILES string of the molecule is Nc1nonc1-c1nc2c(-c3cccc(Cl)c3)nccc2n1C1CCNCC1. The van der Waals surface area contributed by atoms with E-state index in [-0.39, 0.29) is 11.9 Å². The molecule has 142 valence electrons. The molecule has 0 radical (unpaired) electrons. The van der Waals surface area contributed by atoms with E-state index in [2.05, 4.69) is 25.2 Å². The Morgan fingerprint density at radius 2 is 2.00 bits per heavy atom. The fraction of sp³-hybridized carbons (Fsp3) is 0.263. The zero-order chi connectivity index (χ0) is 19.1. The third kappa shape index (κ3) is 2.81. The van der Waals surface area contributed by atoms with Crippen molar-refractivity contribution in [2.24, 2.45) is 0 Å². The molecule has 1 aliphatic rings. The number of hydrogen-bond acceptors (Lipinski definition) is 7. The quantitative estimate of drug-likeness (QED) is 0.547. The van der Waals surface area contributed by atoms with Gasteiger partial charge in [-0.05, 0) is 54.4 Å². The number of rotatable bonds is 3. The van der Waals surface area contributed by atoms with Crippen LogP contribution in [0.4, 0.5) is 5.82 Å². The lowest BCUT2D eigenvalue weighted by atomic mass is 10.1. The first-order valence-corrected chi connectivity index (χ1v) is 9.52. The lowest BCUT2D eigenvalue weighted by molar-refractivity contribution is 0.309. The molecule has 4 aromatic rings. The van der Waals surface area contributed by atoms with Gasteiger partial charge in [0.15, 0.2) is 17.3 Å². The summed E-state index contributed by atoms with van der Waals surface area (Å²) in [5.41, 5.74) is 9.88. The maximum Gasteiger partial charge on any atom is 0.199 e. The van der Waals surface area contributed by atoms with Crippen LogP contribution in [0.5, 0.6) is 0 Å². The van der Waals surface area contributed by atoms with Crippen LogP contribution in [-0.2, 0) is 0 Å². The number of nitrogens with zero attached hydrogens (tertiary/aromatic N) is 5. The number of halogens is 1. The number of nitrogens with two attached hydrogens (primary N) is 1. The van der Waals surface area contributed by atoms with E-state index in [1.165, 1.54) is 0 Å². The monoisotopic (exact) mass is 395 g/mol. The number of anilines is 1. The van der Waals surface area contributed by atoms with E-state index in [0.29, 0.717) is 16.5 Å². The lowest BCUT2D eigenvalue weighted by Crippen LogP contribution is -2.29. The van der Waals surface area contributed by atoms with E-state index in [1.807, 2.05) is 30.3 Å². The van der Waals surface area contributed by atoms with Crippen LogP contribution in [0, 0.1) is 0 Å². The first kappa shape index (κ1) is 17.2. The summed E-state index contributed by atoms with van der Waals surface area (Å²) in [5.74, 6) is 0.875. The van der Waals surface area contributed by atoms with Gasteiger partial charge in [0.05, 0.1) is 11.2 Å². The van der Waals surface area contributed by atoms with Gasteiger partial charge in [-0.3, -0.25) is 4.98 Å². The molecule has 0 bridgehead atoms. The smallest absolute Gasteiger partial charge is 0.199 e. The van der Waals surface area contributed by atoms with Crippen LogP contribution < -0.4 is 11.1 Å². The predicted octanol–water partition coefficient (Wildman–Crippen LogP) is 3.31. The van der Waals surface area contributed by atoms with Gasteiger partial charge in [-0.2, -0.15) is 0 Å². The van der Waals surface area contributed by atoms with Crippen LogP contribution in [0.25, 0.3) is 33.8 Å². The highest BCUT2D eigenvalue weighted by Crippen LogP contribution is 2.36. The molecule has 8 nitrogen and oxygen atoms in total. The largest absolute Gasteiger partial charge is 0.379 e. The molecule has 1 aliphatic heterocycles. The summed E-state index contributed by atoms with van der Waals surface area (Å²) in [6.07, 6.45) is 3.77. The van der Waals surface area contributed by atoms with Crippen LogP contribution in [0.15, 0.2) is 41.2 Å². The Hall–Kier alpha value is -2.97. The summed E-state index contributed by atoms with van der Waals surface area (Å²) in [6, 6.07) is 9.86. The molecule has 0 amide bonds. The van der Waals surface area contributed by atoms with Gasteiger partial charge in [-0.25, -0.2) is 9.61 Å². The molecule has 1 fully saturated rings. The topological polar surface area (TPSA) is 108 Å². The normalized spacial score (nSPS) is 15.3. The number of imidazole rings is 1. The zero-order valence-electron chi connectivity index (χ0n) is 15.0. The molecule has 3 aromatic heterocycles. The Bertz CT molecular complexity index is 1150. The van der Waals surface area contributed by atoms with Gasteiger partial charge < -0.3 is 15.6 Å². The van der Waals surface area contributed by atoms with Crippen molar-refractivity contribution in [1.82, 2.24) is 30.2 Å². The Labute approximate surface area is 165 Å². The number of piperidine rings is 1. The Balaban J connectivity index is 1.78. The summed E-state index contributed by atoms with van der Waals surface area (Å²) >= 11 is 6.20. The van der Waals surface area contributed by atoms with Gasteiger partial charge in [0.1, 0.15) is 5.52 Å². The Morgan fingerprint density at radius 3 is 2.75 bits per heavy atom. The molecule has 0 atom stereocenters. The molecule has 1 saturated heterocycles.